The van der Waals surface area contributed by atoms with Gasteiger partial charge in [-0.2, -0.15) is 0 Å². The van der Waals surface area contributed by atoms with Gasteiger partial charge in [0.2, 0.25) is 0 Å². The fourth-order valence-electron chi connectivity index (χ4n) is 0.386. The van der Waals surface area contributed by atoms with Gasteiger partial charge in [-0.15, -0.1) is 0 Å². The van der Waals surface area contributed by atoms with Crippen molar-refractivity contribution >= 4 is 11.6 Å². The minimum atomic E-state index is -0.405. The fraction of sp³-hybridized carbons (Fsp3) is 0. The molecule has 0 aliphatic heterocycles. The van der Waals surface area contributed by atoms with E-state index in [4.69, 9.17) is 16.9 Å². The fourth-order valence-corrected chi connectivity index (χ4v) is 0.547. The van der Waals surface area contributed by atoms with Crippen LogP contribution in [0.3, 0.4) is 0 Å². The lowest BCUT2D eigenvalue weighted by Crippen LogP contribution is -1.74. The van der Waals surface area contributed by atoms with E-state index in [9.17, 15) is 4.39 Å². The average Bonchev–Trinajstić information content (AvgIpc) is 1.91. The van der Waals surface area contributed by atoms with Gasteiger partial charge in [0, 0.05) is 12.8 Å². The molecular formula is C6H4ClFN2. The van der Waals surface area contributed by atoms with Crippen LogP contribution in [0.15, 0.2) is 18.5 Å². The number of hydrogen-bond acceptors (Lipinski definition) is 2. The molecule has 1 aromatic rings. The monoisotopic (exact) mass is 158 g/mol. The molecule has 0 unspecified atom stereocenters. The number of rotatable bonds is 0. The van der Waals surface area contributed by atoms with Crippen LogP contribution in [-0.4, -0.2) is 4.98 Å². The van der Waals surface area contributed by atoms with E-state index in [0.29, 0.717) is 5.02 Å². The molecule has 10 heavy (non-hydrogen) atoms. The molecule has 0 radical (unpaired) electrons. The molecule has 0 N–H and O–H groups in total. The number of hydrogen-bond donors (Lipinski definition) is 0. The standard InChI is InChI=1S/C5H3ClFN.CHN/c6-4-1-5(7)3-8-2-4;1-2/h1-3H;1H. The van der Waals surface area contributed by atoms with Gasteiger partial charge < -0.3 is 0 Å². The summed E-state index contributed by atoms with van der Waals surface area (Å²) in [4.78, 5) is 3.48. The van der Waals surface area contributed by atoms with Crippen LogP contribution in [0.25, 0.3) is 0 Å². The maximum absolute atomic E-state index is 12.0. The summed E-state index contributed by atoms with van der Waals surface area (Å²) in [7, 11) is 0. The van der Waals surface area contributed by atoms with E-state index in [0.717, 1.165) is 6.20 Å². The van der Waals surface area contributed by atoms with Crippen LogP contribution in [0.5, 0.6) is 0 Å². The lowest BCUT2D eigenvalue weighted by Gasteiger charge is -1.84. The topological polar surface area (TPSA) is 36.7 Å². The lowest BCUT2D eigenvalue weighted by molar-refractivity contribution is 0.621. The van der Waals surface area contributed by atoms with Crippen molar-refractivity contribution < 1.29 is 4.39 Å². The molecule has 0 saturated carbocycles. The van der Waals surface area contributed by atoms with E-state index in [1.54, 1.807) is 0 Å². The highest BCUT2D eigenvalue weighted by Gasteiger charge is 1.87. The van der Waals surface area contributed by atoms with Gasteiger partial charge in [-0.3, -0.25) is 4.98 Å². The lowest BCUT2D eigenvalue weighted by atomic mass is 10.5. The zero-order chi connectivity index (χ0) is 7.98. The summed E-state index contributed by atoms with van der Waals surface area (Å²) in [5.74, 6) is -0.405. The molecule has 0 atom stereocenters. The van der Waals surface area contributed by atoms with Gasteiger partial charge in [-0.25, -0.2) is 9.65 Å². The van der Waals surface area contributed by atoms with Gasteiger partial charge in [-0.1, -0.05) is 11.6 Å². The smallest absolute Gasteiger partial charge is 0.142 e. The first kappa shape index (κ1) is 8.86. The first-order valence-electron chi connectivity index (χ1n) is 2.31. The van der Waals surface area contributed by atoms with Crippen molar-refractivity contribution in [2.24, 2.45) is 0 Å². The zero-order valence-electron chi connectivity index (χ0n) is 4.96. The predicted molar refractivity (Wildman–Crippen MR) is 35.9 cm³/mol. The molecule has 1 aromatic heterocycles. The highest BCUT2D eigenvalue weighted by molar-refractivity contribution is 6.30. The van der Waals surface area contributed by atoms with Gasteiger partial charge >= 0.3 is 0 Å². The molecule has 1 rings (SSSR count). The van der Waals surface area contributed by atoms with Crippen LogP contribution >= 0.6 is 11.6 Å². The predicted octanol–water partition coefficient (Wildman–Crippen LogP) is 2.01. The van der Waals surface area contributed by atoms with Crippen molar-refractivity contribution in [3.05, 3.63) is 29.3 Å². The summed E-state index contributed by atoms with van der Waals surface area (Å²) in [6.45, 7) is 3.50. The Bertz CT molecular complexity index is 207. The van der Waals surface area contributed by atoms with E-state index in [2.05, 4.69) is 11.6 Å². The van der Waals surface area contributed by atoms with E-state index < -0.39 is 5.82 Å². The Morgan fingerprint density at radius 2 is 2.10 bits per heavy atom. The highest BCUT2D eigenvalue weighted by atomic mass is 35.5. The van der Waals surface area contributed by atoms with Crippen LogP contribution in [-0.2, 0) is 0 Å². The summed E-state index contributed by atoms with van der Waals surface area (Å²) >= 11 is 5.34. The first-order valence-corrected chi connectivity index (χ1v) is 2.69. The Kier molecular flexibility index (Phi) is 4.17. The molecule has 0 bridgehead atoms. The molecule has 0 amide bonds. The van der Waals surface area contributed by atoms with E-state index in [1.165, 1.54) is 12.3 Å². The third-order valence-corrected chi connectivity index (χ3v) is 0.878. The molecular weight excluding hydrogens is 155 g/mol. The quantitative estimate of drug-likeness (QED) is 0.579. The van der Waals surface area contributed by atoms with Crippen molar-refractivity contribution in [2.75, 3.05) is 0 Å². The van der Waals surface area contributed by atoms with E-state index in [1.807, 2.05) is 0 Å². The summed E-state index contributed by atoms with van der Waals surface area (Å²) in [6, 6.07) is 1.20. The van der Waals surface area contributed by atoms with Gasteiger partial charge in [0.25, 0.3) is 0 Å². The maximum Gasteiger partial charge on any atom is 0.142 e. The van der Waals surface area contributed by atoms with Gasteiger partial charge in [0.1, 0.15) is 5.82 Å². The minimum absolute atomic E-state index is 0.324. The van der Waals surface area contributed by atoms with Gasteiger partial charge in [0.15, 0.2) is 0 Å². The summed E-state index contributed by atoms with van der Waals surface area (Å²) in [6.07, 6.45) is 2.48. The number of nitriles is 1. The van der Waals surface area contributed by atoms with E-state index in [-0.39, 0.29) is 0 Å². The van der Waals surface area contributed by atoms with Crippen molar-refractivity contribution in [1.82, 2.24) is 4.98 Å². The minimum Gasteiger partial charge on any atom is -0.260 e. The SMILES string of the molecule is C#N.Fc1cncc(Cl)c1. The Hall–Kier alpha value is -1.14. The van der Waals surface area contributed by atoms with Gasteiger partial charge in [0.05, 0.1) is 11.2 Å². The molecule has 0 aliphatic carbocycles. The van der Waals surface area contributed by atoms with Crippen LogP contribution < -0.4 is 0 Å². The largest absolute Gasteiger partial charge is 0.260 e. The second-order valence-corrected chi connectivity index (χ2v) is 1.76. The molecule has 1 heterocycles. The second kappa shape index (κ2) is 4.71. The average molecular weight is 159 g/mol. The Morgan fingerprint density at radius 3 is 2.40 bits per heavy atom. The normalized spacial score (nSPS) is 7.60. The van der Waals surface area contributed by atoms with Crippen molar-refractivity contribution in [2.45, 2.75) is 0 Å². The maximum atomic E-state index is 12.0. The third-order valence-electron chi connectivity index (χ3n) is 0.672. The first-order chi connectivity index (χ1) is 4.79. The molecule has 52 valence electrons. The Labute approximate surface area is 62.9 Å². The Morgan fingerprint density at radius 1 is 1.50 bits per heavy atom. The third kappa shape index (κ3) is 3.00. The number of pyridine rings is 1. The van der Waals surface area contributed by atoms with Crippen molar-refractivity contribution in [3.63, 3.8) is 0 Å². The molecule has 0 aromatic carbocycles. The number of aromatic nitrogens is 1. The molecule has 4 heteroatoms. The summed E-state index contributed by atoms with van der Waals surface area (Å²) < 4.78 is 12.0. The zero-order valence-corrected chi connectivity index (χ0v) is 5.72. The molecule has 2 nitrogen and oxygen atoms in total. The molecule has 0 fully saturated rings. The van der Waals surface area contributed by atoms with Crippen LogP contribution in [0.1, 0.15) is 0 Å². The van der Waals surface area contributed by atoms with Crippen molar-refractivity contribution in [3.8, 4) is 6.57 Å². The Balaban J connectivity index is 0.000000371. The summed E-state index contributed by atoms with van der Waals surface area (Å²) in [5, 5.41) is 6.82. The van der Waals surface area contributed by atoms with Crippen molar-refractivity contribution in [1.29, 1.82) is 5.26 Å². The number of nitrogens with zero attached hydrogens (tertiary/aromatic N) is 2. The highest BCUT2D eigenvalue weighted by Crippen LogP contribution is 2.05. The van der Waals surface area contributed by atoms with E-state index >= 15 is 0 Å². The molecule has 0 saturated heterocycles. The number of halogens is 2. The molecule has 0 aliphatic rings. The summed E-state index contributed by atoms with van der Waals surface area (Å²) in [5.41, 5.74) is 0. The van der Waals surface area contributed by atoms with Crippen LogP contribution in [0.4, 0.5) is 4.39 Å². The van der Waals surface area contributed by atoms with Gasteiger partial charge in [-0.05, 0) is 6.07 Å². The van der Waals surface area contributed by atoms with Crippen LogP contribution in [0, 0.1) is 17.7 Å². The van der Waals surface area contributed by atoms with Crippen LogP contribution in [0.2, 0.25) is 5.02 Å². The molecule has 0 spiro atoms. The second-order valence-electron chi connectivity index (χ2n) is 1.32.